The summed E-state index contributed by atoms with van der Waals surface area (Å²) in [7, 11) is 0. The summed E-state index contributed by atoms with van der Waals surface area (Å²) in [4.78, 5) is 21.9. The third-order valence-electron chi connectivity index (χ3n) is 2.60. The van der Waals surface area contributed by atoms with Gasteiger partial charge in [-0.25, -0.2) is 4.79 Å². The number of carbonyl (C=O) groups excluding carboxylic acids is 1. The summed E-state index contributed by atoms with van der Waals surface area (Å²) in [5, 5.41) is 14.6. The van der Waals surface area contributed by atoms with E-state index in [-0.39, 0.29) is 6.42 Å². The smallest absolute Gasteiger partial charge is 0.319 e. The molecule has 2 amide bonds. The summed E-state index contributed by atoms with van der Waals surface area (Å²) in [6.45, 7) is 2.22. The second-order valence-electron chi connectivity index (χ2n) is 4.31. The van der Waals surface area contributed by atoms with Crippen molar-refractivity contribution in [1.82, 2.24) is 5.32 Å². The molecule has 0 bridgehead atoms. The normalized spacial score (nSPS) is 10.2. The van der Waals surface area contributed by atoms with Crippen LogP contribution < -0.4 is 10.6 Å². The predicted octanol–water partition coefficient (Wildman–Crippen LogP) is 3.68. The summed E-state index contributed by atoms with van der Waals surface area (Å²) in [5.41, 5.74) is 1.27. The molecule has 0 radical (unpaired) electrons. The molecule has 0 fully saturated rings. The zero-order chi connectivity index (χ0) is 15.1. The molecule has 5 nitrogen and oxygen atoms in total. The van der Waals surface area contributed by atoms with Crippen LogP contribution in [0.3, 0.4) is 0 Å². The molecule has 0 saturated carbocycles. The van der Waals surface area contributed by atoms with Gasteiger partial charge in [-0.15, -0.1) is 0 Å². The number of hydrogen-bond acceptors (Lipinski definition) is 2. The van der Waals surface area contributed by atoms with Crippen LogP contribution in [0.4, 0.5) is 10.5 Å². The zero-order valence-electron chi connectivity index (χ0n) is 11.0. The van der Waals surface area contributed by atoms with Crippen LogP contribution in [-0.2, 0) is 4.79 Å². The van der Waals surface area contributed by atoms with Crippen LogP contribution >= 0.6 is 23.2 Å². The van der Waals surface area contributed by atoms with Gasteiger partial charge in [0.05, 0.1) is 10.7 Å². The lowest BCUT2D eigenvalue weighted by atomic mass is 10.2. The molecule has 3 N–H and O–H groups in total. The van der Waals surface area contributed by atoms with Gasteiger partial charge in [0.2, 0.25) is 0 Å². The molecule has 0 aliphatic carbocycles. The minimum atomic E-state index is -0.837. The number of hydrogen-bond donors (Lipinski definition) is 3. The third kappa shape index (κ3) is 5.67. The molecule has 0 atom stereocenters. The zero-order valence-corrected chi connectivity index (χ0v) is 12.5. The Balaban J connectivity index is 2.39. The van der Waals surface area contributed by atoms with Crippen LogP contribution in [0.25, 0.3) is 0 Å². The first-order chi connectivity index (χ1) is 9.40. The van der Waals surface area contributed by atoms with E-state index < -0.39 is 12.0 Å². The largest absolute Gasteiger partial charge is 0.481 e. The first-order valence-electron chi connectivity index (χ1n) is 6.12. The Labute approximate surface area is 127 Å². The first kappa shape index (κ1) is 16.6. The van der Waals surface area contributed by atoms with Crippen molar-refractivity contribution in [2.75, 3.05) is 11.9 Å². The van der Waals surface area contributed by atoms with Crippen molar-refractivity contribution < 1.29 is 14.7 Å². The quantitative estimate of drug-likeness (QED) is 0.700. The van der Waals surface area contributed by atoms with Crippen molar-refractivity contribution in [2.45, 2.75) is 26.2 Å². The molecule has 0 spiro atoms. The number of halogens is 2. The number of aryl methyl sites for hydroxylation is 1. The molecule has 0 heterocycles. The van der Waals surface area contributed by atoms with Gasteiger partial charge in [-0.1, -0.05) is 23.2 Å². The number of urea groups is 1. The fourth-order valence-corrected chi connectivity index (χ4v) is 1.94. The minimum Gasteiger partial charge on any atom is -0.481 e. The maximum atomic E-state index is 11.6. The van der Waals surface area contributed by atoms with Gasteiger partial charge in [-0.05, 0) is 37.5 Å². The molecular weight excluding hydrogens is 303 g/mol. The van der Waals surface area contributed by atoms with Crippen LogP contribution in [0, 0.1) is 6.92 Å². The molecule has 20 heavy (non-hydrogen) atoms. The molecule has 0 aromatic heterocycles. The Morgan fingerprint density at radius 3 is 2.55 bits per heavy atom. The van der Waals surface area contributed by atoms with Gasteiger partial charge in [0, 0.05) is 18.0 Å². The van der Waals surface area contributed by atoms with Crippen molar-refractivity contribution in [3.05, 3.63) is 27.7 Å². The number of carboxylic acid groups (broad SMARTS) is 1. The lowest BCUT2D eigenvalue weighted by Gasteiger charge is -2.10. The lowest BCUT2D eigenvalue weighted by Crippen LogP contribution is -2.29. The summed E-state index contributed by atoms with van der Waals surface area (Å²) in [6.07, 6.45) is 1.22. The Hall–Kier alpha value is -1.46. The molecule has 110 valence electrons. The molecular formula is C13H16Cl2N2O3. The topological polar surface area (TPSA) is 78.4 Å². The molecule has 1 aromatic rings. The van der Waals surface area contributed by atoms with Crippen molar-refractivity contribution in [3.8, 4) is 0 Å². The highest BCUT2D eigenvalue weighted by Crippen LogP contribution is 2.28. The second kappa shape index (κ2) is 7.97. The fourth-order valence-electron chi connectivity index (χ4n) is 1.51. The van der Waals surface area contributed by atoms with Gasteiger partial charge < -0.3 is 15.7 Å². The number of amides is 2. The average molecular weight is 319 g/mol. The number of rotatable bonds is 6. The van der Waals surface area contributed by atoms with E-state index in [9.17, 15) is 9.59 Å². The molecule has 1 aromatic carbocycles. The Morgan fingerprint density at radius 1 is 1.20 bits per heavy atom. The maximum Gasteiger partial charge on any atom is 0.319 e. The van der Waals surface area contributed by atoms with E-state index in [1.165, 1.54) is 0 Å². The van der Waals surface area contributed by atoms with E-state index in [4.69, 9.17) is 28.3 Å². The number of unbranched alkanes of at least 4 members (excludes halogenated alkanes) is 1. The Morgan fingerprint density at radius 2 is 1.90 bits per heavy atom. The van der Waals surface area contributed by atoms with Crippen LogP contribution in [0.15, 0.2) is 12.1 Å². The van der Waals surface area contributed by atoms with Crippen LogP contribution in [0.2, 0.25) is 10.0 Å². The summed E-state index contributed by atoms with van der Waals surface area (Å²) in [5.74, 6) is -0.837. The number of carbonyl (C=O) groups is 2. The van der Waals surface area contributed by atoms with E-state index in [1.807, 2.05) is 6.92 Å². The molecule has 1 rings (SSSR count). The van der Waals surface area contributed by atoms with E-state index >= 15 is 0 Å². The Kier molecular flexibility index (Phi) is 6.61. The SMILES string of the molecule is Cc1cc(Cl)c(NC(=O)NCCCCC(=O)O)cc1Cl. The van der Waals surface area contributed by atoms with Gasteiger partial charge in [0.25, 0.3) is 0 Å². The monoisotopic (exact) mass is 318 g/mol. The third-order valence-corrected chi connectivity index (χ3v) is 3.32. The van der Waals surface area contributed by atoms with Gasteiger partial charge in [-0.3, -0.25) is 4.79 Å². The Bertz CT molecular complexity index is 507. The van der Waals surface area contributed by atoms with Crippen molar-refractivity contribution >= 4 is 40.9 Å². The van der Waals surface area contributed by atoms with Crippen LogP contribution in [-0.4, -0.2) is 23.7 Å². The van der Waals surface area contributed by atoms with Gasteiger partial charge in [-0.2, -0.15) is 0 Å². The number of anilines is 1. The van der Waals surface area contributed by atoms with Crippen molar-refractivity contribution in [2.24, 2.45) is 0 Å². The number of benzene rings is 1. The number of carboxylic acids is 1. The molecule has 0 saturated heterocycles. The highest BCUT2D eigenvalue weighted by molar-refractivity contribution is 6.36. The molecule has 0 aliphatic heterocycles. The van der Waals surface area contributed by atoms with E-state index in [2.05, 4.69) is 10.6 Å². The predicted molar refractivity (Wildman–Crippen MR) is 79.7 cm³/mol. The highest BCUT2D eigenvalue weighted by atomic mass is 35.5. The fraction of sp³-hybridized carbons (Fsp3) is 0.385. The lowest BCUT2D eigenvalue weighted by molar-refractivity contribution is -0.137. The van der Waals surface area contributed by atoms with Crippen LogP contribution in [0.1, 0.15) is 24.8 Å². The summed E-state index contributed by atoms with van der Waals surface area (Å²) in [6, 6.07) is 2.86. The minimum absolute atomic E-state index is 0.0999. The number of aliphatic carboxylic acids is 1. The van der Waals surface area contributed by atoms with E-state index in [1.54, 1.807) is 12.1 Å². The molecule has 0 unspecified atom stereocenters. The van der Waals surface area contributed by atoms with Gasteiger partial charge in [0.1, 0.15) is 0 Å². The van der Waals surface area contributed by atoms with Crippen molar-refractivity contribution in [3.63, 3.8) is 0 Å². The first-order valence-corrected chi connectivity index (χ1v) is 6.88. The number of nitrogens with one attached hydrogen (secondary N) is 2. The standard InChI is InChI=1S/C13H16Cl2N2O3/c1-8-6-10(15)11(7-9(8)14)17-13(20)16-5-3-2-4-12(18)19/h6-7H,2-5H2,1H3,(H,18,19)(H2,16,17,20). The average Bonchev–Trinajstić information content (AvgIpc) is 2.35. The van der Waals surface area contributed by atoms with E-state index in [0.717, 1.165) is 5.56 Å². The molecule has 7 heteroatoms. The van der Waals surface area contributed by atoms with Crippen molar-refractivity contribution in [1.29, 1.82) is 0 Å². The molecule has 0 aliphatic rings. The second-order valence-corrected chi connectivity index (χ2v) is 5.13. The van der Waals surface area contributed by atoms with Gasteiger partial charge >= 0.3 is 12.0 Å². The van der Waals surface area contributed by atoms with Gasteiger partial charge in [0.15, 0.2) is 0 Å². The summed E-state index contributed by atoms with van der Waals surface area (Å²) < 4.78 is 0. The van der Waals surface area contributed by atoms with Crippen LogP contribution in [0.5, 0.6) is 0 Å². The van der Waals surface area contributed by atoms with E-state index in [0.29, 0.717) is 35.1 Å². The highest BCUT2D eigenvalue weighted by Gasteiger charge is 2.08. The summed E-state index contributed by atoms with van der Waals surface area (Å²) >= 11 is 12.0. The maximum absolute atomic E-state index is 11.6.